The first-order chi connectivity index (χ1) is 14.5. The number of benzene rings is 2. The zero-order valence-electron chi connectivity index (χ0n) is 17.5. The highest BCUT2D eigenvalue weighted by Crippen LogP contribution is 2.25. The third kappa shape index (κ3) is 4.51. The largest absolute Gasteiger partial charge is 0.372 e. The molecule has 1 saturated heterocycles. The lowest BCUT2D eigenvalue weighted by atomic mass is 10.1. The molecule has 156 valence electrons. The van der Waals surface area contributed by atoms with Gasteiger partial charge in [-0.3, -0.25) is 4.79 Å². The number of anilines is 2. The van der Waals surface area contributed by atoms with Crippen LogP contribution in [0.4, 0.5) is 11.4 Å². The SMILES string of the molecule is Cc1ccc(Cn2nc(C)c(C(=O)Nc3ccc(N4CCCCC4)cc3)c2Cl)cc1. The van der Waals surface area contributed by atoms with Gasteiger partial charge in [-0.1, -0.05) is 41.4 Å². The predicted octanol–water partition coefficient (Wildman–Crippen LogP) is 5.44. The van der Waals surface area contributed by atoms with Gasteiger partial charge in [-0.2, -0.15) is 5.10 Å². The lowest BCUT2D eigenvalue weighted by Crippen LogP contribution is -2.29. The molecule has 1 aromatic heterocycles. The molecule has 0 saturated carbocycles. The van der Waals surface area contributed by atoms with Crippen molar-refractivity contribution in [1.82, 2.24) is 9.78 Å². The van der Waals surface area contributed by atoms with E-state index in [1.165, 1.54) is 30.5 Å². The van der Waals surface area contributed by atoms with E-state index in [0.29, 0.717) is 23.0 Å². The van der Waals surface area contributed by atoms with E-state index in [1.807, 2.05) is 31.2 Å². The van der Waals surface area contributed by atoms with Crippen LogP contribution in [0.5, 0.6) is 0 Å². The van der Waals surface area contributed by atoms with E-state index in [4.69, 9.17) is 11.6 Å². The van der Waals surface area contributed by atoms with E-state index in [0.717, 1.165) is 24.3 Å². The van der Waals surface area contributed by atoms with Crippen LogP contribution in [0, 0.1) is 13.8 Å². The van der Waals surface area contributed by atoms with Crippen molar-refractivity contribution in [2.75, 3.05) is 23.3 Å². The quantitative estimate of drug-likeness (QED) is 0.595. The lowest BCUT2D eigenvalue weighted by Gasteiger charge is -2.28. The van der Waals surface area contributed by atoms with Crippen LogP contribution in [0.25, 0.3) is 0 Å². The molecule has 0 aliphatic carbocycles. The minimum atomic E-state index is -0.238. The first-order valence-electron chi connectivity index (χ1n) is 10.5. The van der Waals surface area contributed by atoms with Gasteiger partial charge in [-0.05, 0) is 62.9 Å². The fourth-order valence-electron chi connectivity index (χ4n) is 3.88. The van der Waals surface area contributed by atoms with Gasteiger partial charge in [0.25, 0.3) is 5.91 Å². The van der Waals surface area contributed by atoms with E-state index in [1.54, 1.807) is 4.68 Å². The van der Waals surface area contributed by atoms with Gasteiger partial charge in [-0.15, -0.1) is 0 Å². The molecule has 0 radical (unpaired) electrons. The van der Waals surface area contributed by atoms with Crippen molar-refractivity contribution in [1.29, 1.82) is 0 Å². The molecule has 0 unspecified atom stereocenters. The van der Waals surface area contributed by atoms with Gasteiger partial charge in [-0.25, -0.2) is 4.68 Å². The molecule has 6 heteroatoms. The highest BCUT2D eigenvalue weighted by Gasteiger charge is 2.21. The summed E-state index contributed by atoms with van der Waals surface area (Å²) in [5.74, 6) is -0.238. The molecule has 3 aromatic rings. The standard InChI is InChI=1S/C24H27ClN4O/c1-17-6-8-19(9-7-17)16-29-23(25)22(18(2)27-29)24(30)26-20-10-12-21(13-11-20)28-14-4-3-5-15-28/h6-13H,3-5,14-16H2,1-2H3,(H,26,30). The van der Waals surface area contributed by atoms with Crippen LogP contribution in [-0.2, 0) is 6.54 Å². The Morgan fingerprint density at radius 2 is 1.67 bits per heavy atom. The highest BCUT2D eigenvalue weighted by molar-refractivity contribution is 6.33. The number of aromatic nitrogens is 2. The highest BCUT2D eigenvalue weighted by atomic mass is 35.5. The van der Waals surface area contributed by atoms with Crippen LogP contribution in [0.3, 0.4) is 0 Å². The number of hydrogen-bond acceptors (Lipinski definition) is 3. The lowest BCUT2D eigenvalue weighted by molar-refractivity contribution is 0.102. The maximum absolute atomic E-state index is 12.9. The molecular weight excluding hydrogens is 396 g/mol. The monoisotopic (exact) mass is 422 g/mol. The second-order valence-corrected chi connectivity index (χ2v) is 8.30. The van der Waals surface area contributed by atoms with Crippen LogP contribution < -0.4 is 10.2 Å². The van der Waals surface area contributed by atoms with E-state index in [9.17, 15) is 4.79 Å². The van der Waals surface area contributed by atoms with Crippen LogP contribution in [0.2, 0.25) is 5.15 Å². The summed E-state index contributed by atoms with van der Waals surface area (Å²) < 4.78 is 1.68. The Balaban J connectivity index is 1.46. The average molecular weight is 423 g/mol. The number of aryl methyl sites for hydroxylation is 2. The summed E-state index contributed by atoms with van der Waals surface area (Å²) in [5, 5.41) is 7.80. The van der Waals surface area contributed by atoms with Crippen LogP contribution >= 0.6 is 11.6 Å². The maximum atomic E-state index is 12.9. The summed E-state index contributed by atoms with van der Waals surface area (Å²) in [6, 6.07) is 16.2. The van der Waals surface area contributed by atoms with Crippen molar-refractivity contribution in [2.24, 2.45) is 0 Å². The number of hydrogen-bond donors (Lipinski definition) is 1. The summed E-state index contributed by atoms with van der Waals surface area (Å²) in [6.07, 6.45) is 3.79. The number of nitrogens with one attached hydrogen (secondary N) is 1. The molecule has 0 atom stereocenters. The number of rotatable bonds is 5. The van der Waals surface area contributed by atoms with Gasteiger partial charge in [0.05, 0.1) is 17.8 Å². The second-order valence-electron chi connectivity index (χ2n) is 7.94. The van der Waals surface area contributed by atoms with Crippen LogP contribution in [-0.4, -0.2) is 28.8 Å². The number of carbonyl (C=O) groups excluding carboxylic acids is 1. The van der Waals surface area contributed by atoms with Gasteiger partial charge < -0.3 is 10.2 Å². The van der Waals surface area contributed by atoms with Gasteiger partial charge in [0.2, 0.25) is 0 Å². The molecule has 2 heterocycles. The van der Waals surface area contributed by atoms with E-state index >= 15 is 0 Å². The average Bonchev–Trinajstić information content (AvgIpc) is 3.04. The van der Waals surface area contributed by atoms with Crippen molar-refractivity contribution >= 4 is 28.9 Å². The molecule has 1 fully saturated rings. The van der Waals surface area contributed by atoms with E-state index in [-0.39, 0.29) is 5.91 Å². The van der Waals surface area contributed by atoms with Gasteiger partial charge in [0.1, 0.15) is 5.15 Å². The molecule has 0 bridgehead atoms. The summed E-state index contributed by atoms with van der Waals surface area (Å²) in [6.45, 7) is 6.58. The fraction of sp³-hybridized carbons (Fsp3) is 0.333. The van der Waals surface area contributed by atoms with Crippen LogP contribution in [0.1, 0.15) is 46.4 Å². The molecule has 5 nitrogen and oxygen atoms in total. The third-order valence-electron chi connectivity index (χ3n) is 5.59. The smallest absolute Gasteiger partial charge is 0.260 e. The topological polar surface area (TPSA) is 50.2 Å². The maximum Gasteiger partial charge on any atom is 0.260 e. The van der Waals surface area contributed by atoms with Crippen molar-refractivity contribution < 1.29 is 4.79 Å². The fourth-order valence-corrected chi connectivity index (χ4v) is 4.20. The number of piperidine rings is 1. The minimum Gasteiger partial charge on any atom is -0.372 e. The molecule has 4 rings (SSSR count). The summed E-state index contributed by atoms with van der Waals surface area (Å²) in [5.41, 5.74) is 5.28. The van der Waals surface area contributed by atoms with Gasteiger partial charge in [0.15, 0.2) is 0 Å². The van der Waals surface area contributed by atoms with Crippen molar-refractivity contribution in [3.63, 3.8) is 0 Å². The molecule has 30 heavy (non-hydrogen) atoms. The minimum absolute atomic E-state index is 0.238. The number of carbonyl (C=O) groups is 1. The molecular formula is C24H27ClN4O. The van der Waals surface area contributed by atoms with Crippen molar-refractivity contribution in [3.05, 3.63) is 76.1 Å². The van der Waals surface area contributed by atoms with Crippen molar-refractivity contribution in [3.8, 4) is 0 Å². The predicted molar refractivity (Wildman–Crippen MR) is 123 cm³/mol. The Morgan fingerprint density at radius 1 is 1.00 bits per heavy atom. The number of amides is 1. The summed E-state index contributed by atoms with van der Waals surface area (Å²) in [7, 11) is 0. The van der Waals surface area contributed by atoms with Gasteiger partial charge >= 0.3 is 0 Å². The molecule has 1 amide bonds. The van der Waals surface area contributed by atoms with Crippen molar-refractivity contribution in [2.45, 2.75) is 39.7 Å². The third-order valence-corrected chi connectivity index (χ3v) is 5.98. The summed E-state index contributed by atoms with van der Waals surface area (Å²) in [4.78, 5) is 15.3. The number of nitrogens with zero attached hydrogens (tertiary/aromatic N) is 3. The second kappa shape index (κ2) is 8.92. The van der Waals surface area contributed by atoms with E-state index in [2.05, 4.69) is 46.5 Å². The molecule has 0 spiro atoms. The Kier molecular flexibility index (Phi) is 6.09. The Hall–Kier alpha value is -2.79. The normalized spacial score (nSPS) is 14.0. The molecule has 2 aromatic carbocycles. The first-order valence-corrected chi connectivity index (χ1v) is 10.8. The molecule has 1 aliphatic rings. The Labute approximate surface area is 182 Å². The summed E-state index contributed by atoms with van der Waals surface area (Å²) >= 11 is 6.53. The molecule has 1 aliphatic heterocycles. The van der Waals surface area contributed by atoms with E-state index < -0.39 is 0 Å². The van der Waals surface area contributed by atoms with Gasteiger partial charge in [0, 0.05) is 24.5 Å². The molecule has 1 N–H and O–H groups in total. The first kappa shape index (κ1) is 20.5. The Bertz CT molecular complexity index is 1020. The zero-order chi connectivity index (χ0) is 21.1. The zero-order valence-corrected chi connectivity index (χ0v) is 18.2. The number of halogens is 1. The van der Waals surface area contributed by atoms with Crippen LogP contribution in [0.15, 0.2) is 48.5 Å². The Morgan fingerprint density at radius 3 is 2.33 bits per heavy atom.